The molecule has 0 radical (unpaired) electrons. The largest absolute Gasteiger partial charge is 0.352 e. The number of benzene rings is 2. The third-order valence-corrected chi connectivity index (χ3v) is 3.94. The minimum absolute atomic E-state index is 0.0953. The Balaban J connectivity index is 1.90. The molecule has 0 saturated heterocycles. The van der Waals surface area contributed by atoms with Crippen LogP contribution in [0.25, 0.3) is 16.6 Å². The van der Waals surface area contributed by atoms with Gasteiger partial charge in [-0.15, -0.1) is 11.7 Å². The molecule has 1 heterocycles. The Morgan fingerprint density at radius 2 is 2.00 bits per heavy atom. The highest BCUT2D eigenvalue weighted by molar-refractivity contribution is 6.35. The van der Waals surface area contributed by atoms with Crippen LogP contribution in [0, 0.1) is 0 Å². The topological polar surface area (TPSA) is 76.9 Å². The number of aromatic nitrogens is 3. The number of carbonyl (C=O) groups excluding carboxylic acids is 1. The van der Waals surface area contributed by atoms with Crippen molar-refractivity contribution in [2.45, 2.75) is 6.42 Å². The van der Waals surface area contributed by atoms with Gasteiger partial charge in [0.05, 0.1) is 22.5 Å². The van der Waals surface area contributed by atoms with Crippen molar-refractivity contribution in [3.05, 3.63) is 76.1 Å². The molecule has 1 N–H and O–H groups in total. The van der Waals surface area contributed by atoms with Gasteiger partial charge in [0.25, 0.3) is 5.56 Å². The van der Waals surface area contributed by atoms with Crippen LogP contribution in [0.1, 0.15) is 5.56 Å². The molecular weight excluding hydrogens is 340 g/mol. The first-order valence-electron chi connectivity index (χ1n) is 7.61. The molecule has 25 heavy (non-hydrogen) atoms. The summed E-state index contributed by atoms with van der Waals surface area (Å²) < 4.78 is 1.19. The van der Waals surface area contributed by atoms with Crippen LogP contribution in [-0.2, 0) is 11.2 Å². The zero-order chi connectivity index (χ0) is 17.8. The van der Waals surface area contributed by atoms with Crippen molar-refractivity contribution in [1.29, 1.82) is 0 Å². The van der Waals surface area contributed by atoms with Crippen LogP contribution in [-0.4, -0.2) is 27.4 Å². The number of hydrogen-bond acceptors (Lipinski definition) is 4. The monoisotopic (exact) mass is 354 g/mol. The van der Waals surface area contributed by atoms with E-state index in [0.717, 1.165) is 5.56 Å². The third kappa shape index (κ3) is 3.59. The molecule has 1 amide bonds. The molecule has 3 rings (SSSR count). The zero-order valence-corrected chi connectivity index (χ0v) is 14.0. The van der Waals surface area contributed by atoms with Crippen molar-refractivity contribution in [1.82, 2.24) is 20.3 Å². The fraction of sp³-hybridized carbons (Fsp3) is 0.111. The molecule has 126 valence electrons. The molecule has 0 saturated carbocycles. The van der Waals surface area contributed by atoms with Crippen molar-refractivity contribution in [3.63, 3.8) is 0 Å². The summed E-state index contributed by atoms with van der Waals surface area (Å²) in [4.78, 5) is 24.3. The van der Waals surface area contributed by atoms with E-state index in [1.807, 2.05) is 0 Å². The number of halogens is 1. The van der Waals surface area contributed by atoms with Gasteiger partial charge in [0.2, 0.25) is 5.91 Å². The zero-order valence-electron chi connectivity index (χ0n) is 13.3. The Bertz CT molecular complexity index is 996. The molecule has 0 spiro atoms. The van der Waals surface area contributed by atoms with E-state index in [1.165, 1.54) is 4.68 Å². The quantitative estimate of drug-likeness (QED) is 0.713. The molecule has 0 aliphatic rings. The smallest absolute Gasteiger partial charge is 0.283 e. The average Bonchev–Trinajstić information content (AvgIpc) is 2.61. The predicted molar refractivity (Wildman–Crippen MR) is 97.1 cm³/mol. The summed E-state index contributed by atoms with van der Waals surface area (Å²) in [6, 6.07) is 12.0. The highest BCUT2D eigenvalue weighted by Crippen LogP contribution is 2.18. The van der Waals surface area contributed by atoms with E-state index in [1.54, 1.807) is 48.5 Å². The highest BCUT2D eigenvalue weighted by atomic mass is 35.5. The van der Waals surface area contributed by atoms with Gasteiger partial charge < -0.3 is 5.32 Å². The minimum Gasteiger partial charge on any atom is -0.352 e. The van der Waals surface area contributed by atoms with E-state index >= 15 is 0 Å². The van der Waals surface area contributed by atoms with Gasteiger partial charge >= 0.3 is 0 Å². The number of nitrogens with one attached hydrogen (secondary N) is 1. The second-order valence-electron chi connectivity index (χ2n) is 5.38. The standard InChI is InChI=1S/C18H15ClN4O2/c1-2-10-20-16(24)11-12-6-8-13(9-7-12)23-18(25)17-14(19)4-3-5-15(17)21-22-23/h2-9H,1,10-11H2,(H,20,24). The number of nitrogens with zero attached hydrogens (tertiary/aromatic N) is 3. The Labute approximate surface area is 148 Å². The SMILES string of the molecule is C=CCNC(=O)Cc1ccc(-n2nnc3cccc(Cl)c3c2=O)cc1. The molecule has 0 unspecified atom stereocenters. The van der Waals surface area contributed by atoms with Crippen molar-refractivity contribution in [2.24, 2.45) is 0 Å². The van der Waals surface area contributed by atoms with Gasteiger partial charge in [-0.25, -0.2) is 0 Å². The predicted octanol–water partition coefficient (Wildman–Crippen LogP) is 2.28. The van der Waals surface area contributed by atoms with E-state index in [-0.39, 0.29) is 17.9 Å². The van der Waals surface area contributed by atoms with Crippen molar-refractivity contribution in [2.75, 3.05) is 6.54 Å². The molecule has 2 aromatic carbocycles. The van der Waals surface area contributed by atoms with E-state index in [9.17, 15) is 9.59 Å². The van der Waals surface area contributed by atoms with Gasteiger partial charge in [0, 0.05) is 6.54 Å². The lowest BCUT2D eigenvalue weighted by molar-refractivity contribution is -0.120. The van der Waals surface area contributed by atoms with Crippen LogP contribution >= 0.6 is 11.6 Å². The second-order valence-corrected chi connectivity index (χ2v) is 5.78. The van der Waals surface area contributed by atoms with Crippen molar-refractivity contribution in [3.8, 4) is 5.69 Å². The van der Waals surface area contributed by atoms with Gasteiger partial charge in [0.15, 0.2) is 0 Å². The Morgan fingerprint density at radius 3 is 2.72 bits per heavy atom. The number of carbonyl (C=O) groups is 1. The Morgan fingerprint density at radius 1 is 1.24 bits per heavy atom. The molecular formula is C18H15ClN4O2. The maximum atomic E-state index is 12.6. The van der Waals surface area contributed by atoms with Crippen LogP contribution in [0.2, 0.25) is 5.02 Å². The van der Waals surface area contributed by atoms with Gasteiger partial charge in [-0.1, -0.05) is 41.1 Å². The molecule has 7 heteroatoms. The molecule has 1 aromatic heterocycles. The summed E-state index contributed by atoms with van der Waals surface area (Å²) in [5.41, 5.74) is 1.48. The second kappa shape index (κ2) is 7.27. The van der Waals surface area contributed by atoms with E-state index < -0.39 is 0 Å². The summed E-state index contributed by atoms with van der Waals surface area (Å²) >= 11 is 6.11. The Kier molecular flexibility index (Phi) is 4.90. The minimum atomic E-state index is -0.341. The van der Waals surface area contributed by atoms with Gasteiger partial charge in [-0.3, -0.25) is 9.59 Å². The average molecular weight is 355 g/mol. The summed E-state index contributed by atoms with van der Waals surface area (Å²) in [6.07, 6.45) is 1.87. The lowest BCUT2D eigenvalue weighted by Gasteiger charge is -2.07. The molecule has 0 fully saturated rings. The van der Waals surface area contributed by atoms with Crippen molar-refractivity contribution >= 4 is 28.4 Å². The molecule has 0 aliphatic heterocycles. The Hall–Kier alpha value is -2.99. The first-order chi connectivity index (χ1) is 12.1. The van der Waals surface area contributed by atoms with Gasteiger partial charge in [0.1, 0.15) is 5.52 Å². The lowest BCUT2D eigenvalue weighted by atomic mass is 10.1. The van der Waals surface area contributed by atoms with Crippen LogP contribution in [0.15, 0.2) is 59.9 Å². The summed E-state index contributed by atoms with van der Waals surface area (Å²) in [6.45, 7) is 3.98. The summed E-state index contributed by atoms with van der Waals surface area (Å²) in [7, 11) is 0. The first-order valence-corrected chi connectivity index (χ1v) is 7.99. The molecule has 6 nitrogen and oxygen atoms in total. The van der Waals surface area contributed by atoms with Crippen LogP contribution < -0.4 is 10.9 Å². The maximum absolute atomic E-state index is 12.6. The molecule has 0 aliphatic carbocycles. The fourth-order valence-corrected chi connectivity index (χ4v) is 2.66. The summed E-state index contributed by atoms with van der Waals surface area (Å²) in [5.74, 6) is -0.0953. The van der Waals surface area contributed by atoms with Crippen LogP contribution in [0.3, 0.4) is 0 Å². The fourth-order valence-electron chi connectivity index (χ4n) is 2.41. The van der Waals surface area contributed by atoms with Crippen LogP contribution in [0.4, 0.5) is 0 Å². The number of rotatable bonds is 5. The number of amides is 1. The number of hydrogen-bond donors (Lipinski definition) is 1. The van der Waals surface area contributed by atoms with E-state index in [2.05, 4.69) is 22.2 Å². The van der Waals surface area contributed by atoms with Gasteiger partial charge in [-0.2, -0.15) is 4.68 Å². The van der Waals surface area contributed by atoms with E-state index in [0.29, 0.717) is 28.2 Å². The maximum Gasteiger partial charge on any atom is 0.283 e. The first kappa shape index (κ1) is 16.9. The molecule has 0 atom stereocenters. The third-order valence-electron chi connectivity index (χ3n) is 3.63. The van der Waals surface area contributed by atoms with Gasteiger partial charge in [-0.05, 0) is 29.8 Å². The van der Waals surface area contributed by atoms with Crippen molar-refractivity contribution < 1.29 is 4.79 Å². The van der Waals surface area contributed by atoms with Crippen LogP contribution in [0.5, 0.6) is 0 Å². The molecule has 0 bridgehead atoms. The highest BCUT2D eigenvalue weighted by Gasteiger charge is 2.11. The van der Waals surface area contributed by atoms with E-state index in [4.69, 9.17) is 11.6 Å². The number of fused-ring (bicyclic) bond motifs is 1. The normalized spacial score (nSPS) is 10.6. The molecule has 3 aromatic rings. The summed E-state index contributed by atoms with van der Waals surface area (Å²) in [5, 5.41) is 11.4. The lowest BCUT2D eigenvalue weighted by Crippen LogP contribution is -2.25.